The summed E-state index contributed by atoms with van der Waals surface area (Å²) in [5.41, 5.74) is 8.09. The number of nitrogens with zero attached hydrogens (tertiary/aromatic N) is 3. The molecule has 0 radical (unpaired) electrons. The molecule has 0 atom stereocenters. The molecule has 0 unspecified atom stereocenters. The van der Waals surface area contributed by atoms with Crippen LogP contribution in [0.3, 0.4) is 0 Å². The highest BCUT2D eigenvalue weighted by molar-refractivity contribution is 6.88. The van der Waals surface area contributed by atoms with E-state index in [0.717, 1.165) is 55.4 Å². The van der Waals surface area contributed by atoms with Gasteiger partial charge in [0, 0.05) is 40.7 Å². The zero-order valence-corrected chi connectivity index (χ0v) is 23.9. The van der Waals surface area contributed by atoms with Crippen molar-refractivity contribution in [2.75, 3.05) is 0 Å². The van der Waals surface area contributed by atoms with Crippen LogP contribution < -0.4 is 5.19 Å². The third-order valence-corrected chi connectivity index (χ3v) is 9.78. The molecule has 0 amide bonds. The van der Waals surface area contributed by atoms with Crippen LogP contribution in [0.5, 0.6) is 5.75 Å². The van der Waals surface area contributed by atoms with E-state index in [4.69, 9.17) is 14.4 Å². The van der Waals surface area contributed by atoms with Gasteiger partial charge in [-0.05, 0) is 47.7 Å². The molecule has 6 heteroatoms. The Morgan fingerprint density at radius 2 is 1.55 bits per heavy atom. The Morgan fingerprint density at radius 1 is 0.775 bits per heavy atom. The van der Waals surface area contributed by atoms with Crippen molar-refractivity contribution in [3.8, 4) is 39.5 Å². The lowest BCUT2D eigenvalue weighted by atomic mass is 9.97. The van der Waals surface area contributed by atoms with Gasteiger partial charge in [0.05, 0.1) is 30.4 Å². The van der Waals surface area contributed by atoms with Crippen LogP contribution in [-0.4, -0.2) is 27.7 Å². The Kier molecular flexibility index (Phi) is 5.44. The molecule has 7 aromatic rings. The van der Waals surface area contributed by atoms with Gasteiger partial charge in [-0.3, -0.25) is 4.98 Å². The Hall–Kier alpha value is -4.68. The number of benzene rings is 4. The molecule has 0 saturated carbocycles. The standard InChI is InChI=1S/C34H29N3O2Si/c1-37-29-13-9-12-24(32(29)36-34(37)25-11-5-7-14-30(25)38)27-19-21(28-17-16-22(20-35-28)40(2,3)4)18-26-23-10-6-8-15-31(23)39-33(26)27/h5-20,38H,1-4H3. The minimum Gasteiger partial charge on any atom is -0.507 e. The molecule has 1 N–H and O–H groups in total. The zero-order chi connectivity index (χ0) is 27.6. The van der Waals surface area contributed by atoms with Crippen LogP contribution in [0.15, 0.2) is 102 Å². The van der Waals surface area contributed by atoms with Crippen molar-refractivity contribution in [3.05, 3.63) is 97.2 Å². The van der Waals surface area contributed by atoms with Crippen LogP contribution in [0.25, 0.3) is 66.7 Å². The number of hydrogen-bond donors (Lipinski definition) is 1. The van der Waals surface area contributed by atoms with Crippen molar-refractivity contribution in [2.24, 2.45) is 7.05 Å². The summed E-state index contributed by atoms with van der Waals surface area (Å²) in [7, 11) is 0.523. The quantitative estimate of drug-likeness (QED) is 0.229. The number of hydrogen-bond acceptors (Lipinski definition) is 4. The molecule has 0 spiro atoms. The van der Waals surface area contributed by atoms with Gasteiger partial charge in [0.25, 0.3) is 0 Å². The molecule has 7 rings (SSSR count). The summed E-state index contributed by atoms with van der Waals surface area (Å²) in [5, 5.41) is 14.0. The van der Waals surface area contributed by atoms with Gasteiger partial charge in [-0.2, -0.15) is 0 Å². The number of rotatable bonds is 4. The van der Waals surface area contributed by atoms with Gasteiger partial charge in [-0.25, -0.2) is 4.98 Å². The average Bonchev–Trinajstić information content (AvgIpc) is 3.50. The van der Waals surface area contributed by atoms with Gasteiger partial charge in [0.1, 0.15) is 22.7 Å². The number of pyridine rings is 1. The lowest BCUT2D eigenvalue weighted by Crippen LogP contribution is -2.37. The highest BCUT2D eigenvalue weighted by atomic mass is 28.3. The minimum absolute atomic E-state index is 0.206. The van der Waals surface area contributed by atoms with Crippen LogP contribution in [0.1, 0.15) is 0 Å². The van der Waals surface area contributed by atoms with E-state index in [-0.39, 0.29) is 5.75 Å². The van der Waals surface area contributed by atoms with Gasteiger partial charge >= 0.3 is 0 Å². The summed E-state index contributed by atoms with van der Waals surface area (Å²) in [6.07, 6.45) is 2.04. The first-order valence-electron chi connectivity index (χ1n) is 13.5. The smallest absolute Gasteiger partial charge is 0.144 e. The predicted molar refractivity (Wildman–Crippen MR) is 167 cm³/mol. The first kappa shape index (κ1) is 24.4. The molecule has 196 valence electrons. The summed E-state index contributed by atoms with van der Waals surface area (Å²) in [6.45, 7) is 7.01. The molecule has 0 saturated heterocycles. The normalized spacial score (nSPS) is 12.1. The van der Waals surface area contributed by atoms with Crippen LogP contribution in [0, 0.1) is 0 Å². The SMILES string of the molecule is Cn1c(-c2ccccc2O)nc2c(-c3cc(-c4ccc([Si](C)(C)C)cn4)cc4c3oc3ccccc34)cccc21. The van der Waals surface area contributed by atoms with E-state index in [9.17, 15) is 5.11 Å². The van der Waals surface area contributed by atoms with Gasteiger partial charge in [0.15, 0.2) is 0 Å². The monoisotopic (exact) mass is 539 g/mol. The molecule has 3 aromatic heterocycles. The maximum absolute atomic E-state index is 10.6. The van der Waals surface area contributed by atoms with E-state index >= 15 is 0 Å². The first-order valence-corrected chi connectivity index (χ1v) is 17.0. The molecule has 0 bridgehead atoms. The summed E-state index contributed by atoms with van der Waals surface area (Å²) < 4.78 is 8.52. The van der Waals surface area contributed by atoms with Crippen molar-refractivity contribution in [1.82, 2.24) is 14.5 Å². The van der Waals surface area contributed by atoms with Crippen LogP contribution in [-0.2, 0) is 7.05 Å². The summed E-state index contributed by atoms with van der Waals surface area (Å²) in [5.74, 6) is 0.915. The third-order valence-electron chi connectivity index (χ3n) is 7.75. The molecule has 0 aliphatic rings. The van der Waals surface area contributed by atoms with Crippen molar-refractivity contribution >= 4 is 46.2 Å². The average molecular weight is 540 g/mol. The van der Waals surface area contributed by atoms with E-state index in [0.29, 0.717) is 11.4 Å². The Bertz CT molecular complexity index is 2060. The Morgan fingerprint density at radius 3 is 2.33 bits per heavy atom. The fraction of sp³-hybridized carbons (Fsp3) is 0.118. The second kappa shape index (κ2) is 8.93. The van der Waals surface area contributed by atoms with Gasteiger partial charge in [-0.15, -0.1) is 0 Å². The largest absolute Gasteiger partial charge is 0.507 e. The third kappa shape index (κ3) is 3.83. The number of aryl methyl sites for hydroxylation is 1. The molecule has 40 heavy (non-hydrogen) atoms. The van der Waals surface area contributed by atoms with E-state index in [1.165, 1.54) is 5.19 Å². The molecule has 4 aromatic carbocycles. The fourth-order valence-electron chi connectivity index (χ4n) is 5.52. The lowest BCUT2D eigenvalue weighted by molar-refractivity contribution is 0.476. The topological polar surface area (TPSA) is 64.1 Å². The van der Waals surface area contributed by atoms with E-state index in [2.05, 4.69) is 68.2 Å². The van der Waals surface area contributed by atoms with Crippen molar-refractivity contribution < 1.29 is 9.52 Å². The maximum atomic E-state index is 10.6. The van der Waals surface area contributed by atoms with Gasteiger partial charge in [0.2, 0.25) is 0 Å². The van der Waals surface area contributed by atoms with E-state index in [1.54, 1.807) is 6.07 Å². The van der Waals surface area contributed by atoms with Crippen molar-refractivity contribution in [1.29, 1.82) is 0 Å². The number of fused-ring (bicyclic) bond motifs is 4. The number of aromatic hydroxyl groups is 1. The van der Waals surface area contributed by atoms with E-state index < -0.39 is 8.07 Å². The Balaban J connectivity index is 1.51. The summed E-state index contributed by atoms with van der Waals surface area (Å²) in [4.78, 5) is 9.98. The van der Waals surface area contributed by atoms with Crippen molar-refractivity contribution in [2.45, 2.75) is 19.6 Å². The molecule has 0 aliphatic heterocycles. The predicted octanol–water partition coefficient (Wildman–Crippen LogP) is 8.12. The molecular formula is C34H29N3O2Si. The van der Waals surface area contributed by atoms with E-state index in [1.807, 2.05) is 54.2 Å². The summed E-state index contributed by atoms with van der Waals surface area (Å²) >= 11 is 0. The fourth-order valence-corrected chi connectivity index (χ4v) is 6.55. The molecule has 0 aliphatic carbocycles. The first-order chi connectivity index (χ1) is 19.3. The molecule has 3 heterocycles. The summed E-state index contributed by atoms with van der Waals surface area (Å²) in [6, 6.07) is 30.4. The number of furan rings is 1. The van der Waals surface area contributed by atoms with Gasteiger partial charge < -0.3 is 14.1 Å². The number of phenolic OH excluding ortho intramolecular Hbond substituents is 1. The second-order valence-electron chi connectivity index (χ2n) is 11.4. The van der Waals surface area contributed by atoms with Crippen LogP contribution >= 0.6 is 0 Å². The van der Waals surface area contributed by atoms with Crippen LogP contribution in [0.2, 0.25) is 19.6 Å². The highest BCUT2D eigenvalue weighted by Crippen LogP contribution is 2.42. The number of para-hydroxylation sites is 3. The lowest BCUT2D eigenvalue weighted by Gasteiger charge is -2.16. The second-order valence-corrected chi connectivity index (χ2v) is 16.4. The minimum atomic E-state index is -1.46. The number of aromatic nitrogens is 3. The molecule has 0 fully saturated rings. The zero-order valence-electron chi connectivity index (χ0n) is 22.9. The molecular weight excluding hydrogens is 510 g/mol. The van der Waals surface area contributed by atoms with Crippen molar-refractivity contribution in [3.63, 3.8) is 0 Å². The number of phenols is 1. The van der Waals surface area contributed by atoms with Gasteiger partial charge in [-0.1, -0.05) is 68.2 Å². The van der Waals surface area contributed by atoms with Crippen LogP contribution in [0.4, 0.5) is 0 Å². The number of imidazole rings is 1. The maximum Gasteiger partial charge on any atom is 0.144 e. The molecule has 5 nitrogen and oxygen atoms in total. The Labute approximate surface area is 233 Å². The highest BCUT2D eigenvalue weighted by Gasteiger charge is 2.21.